The Bertz CT molecular complexity index is 1320. The molecule has 0 spiro atoms. The van der Waals surface area contributed by atoms with Crippen LogP contribution in [0.2, 0.25) is 0 Å². The Morgan fingerprint density at radius 3 is 2.71 bits per heavy atom. The highest BCUT2D eigenvalue weighted by atomic mass is 19.1. The summed E-state index contributed by atoms with van der Waals surface area (Å²) in [6.07, 6.45) is 0.158. The van der Waals surface area contributed by atoms with E-state index in [0.29, 0.717) is 34.3 Å². The minimum atomic E-state index is -1.21. The molecule has 3 aromatic rings. The molecule has 3 heterocycles. The number of H-pyrrole nitrogens is 1. The molecule has 3 amide bonds. The van der Waals surface area contributed by atoms with Crippen LogP contribution in [-0.4, -0.2) is 76.6 Å². The van der Waals surface area contributed by atoms with Gasteiger partial charge in [-0.25, -0.2) is 9.18 Å². The molecule has 1 aromatic heterocycles. The Morgan fingerprint density at radius 1 is 1.26 bits per heavy atom. The monoisotopic (exact) mass is 466 g/mol. The lowest BCUT2D eigenvalue weighted by atomic mass is 9.81. The number of rotatable bonds is 5. The minimum absolute atomic E-state index is 0.0396. The molecule has 2 atom stereocenters. The number of fused-ring (bicyclic) bond motifs is 4. The van der Waals surface area contributed by atoms with Crippen LogP contribution in [0.15, 0.2) is 36.4 Å². The molecule has 2 aromatic carbocycles. The van der Waals surface area contributed by atoms with Crippen LogP contribution >= 0.6 is 0 Å². The van der Waals surface area contributed by atoms with E-state index >= 15 is 4.39 Å². The Morgan fingerprint density at radius 2 is 2.03 bits per heavy atom. The second-order valence-corrected chi connectivity index (χ2v) is 9.38. The number of hydrogen-bond acceptors (Lipinski definition) is 5. The summed E-state index contributed by atoms with van der Waals surface area (Å²) >= 11 is 0. The predicted octanol–water partition coefficient (Wildman–Crippen LogP) is 3.25. The van der Waals surface area contributed by atoms with Gasteiger partial charge in [-0.3, -0.25) is 14.6 Å². The average Bonchev–Trinajstić information content (AvgIpc) is 3.24. The highest BCUT2D eigenvalue weighted by molar-refractivity contribution is 6.08. The van der Waals surface area contributed by atoms with E-state index in [4.69, 9.17) is 4.74 Å². The molecule has 2 aliphatic rings. The molecule has 9 heteroatoms. The number of aromatic amines is 1. The highest BCUT2D eigenvalue weighted by Gasteiger charge is 2.60. The third-order valence-corrected chi connectivity index (χ3v) is 6.91. The van der Waals surface area contributed by atoms with Crippen molar-refractivity contribution < 1.29 is 23.8 Å². The van der Waals surface area contributed by atoms with Crippen molar-refractivity contribution in [3.63, 3.8) is 0 Å². The van der Waals surface area contributed by atoms with Crippen molar-refractivity contribution in [2.24, 2.45) is 0 Å². The first kappa shape index (κ1) is 22.2. The lowest BCUT2D eigenvalue weighted by Gasteiger charge is -2.42. The number of urea groups is 1. The maximum Gasteiger partial charge on any atom is 0.328 e. The van der Waals surface area contributed by atoms with Gasteiger partial charge >= 0.3 is 6.03 Å². The van der Waals surface area contributed by atoms with Crippen LogP contribution in [0.25, 0.3) is 10.9 Å². The summed E-state index contributed by atoms with van der Waals surface area (Å²) in [7, 11) is 5.16. The highest BCUT2D eigenvalue weighted by Crippen LogP contribution is 2.49. The summed E-state index contributed by atoms with van der Waals surface area (Å²) in [6.45, 7) is 2.51. The number of amides is 3. The van der Waals surface area contributed by atoms with Crippen LogP contribution in [0.4, 0.5) is 9.18 Å². The molecule has 1 fully saturated rings. The van der Waals surface area contributed by atoms with Gasteiger partial charge in [0, 0.05) is 36.1 Å². The third kappa shape index (κ3) is 3.07. The van der Waals surface area contributed by atoms with Gasteiger partial charge in [0.15, 0.2) is 11.6 Å². The molecule has 34 heavy (non-hydrogen) atoms. The molecule has 0 aliphatic carbocycles. The fraction of sp³-hybridized carbons (Fsp3) is 0.360. The number of likely N-dealkylation sites (N-methyl/N-ethyl adjacent to an activating group) is 1. The second kappa shape index (κ2) is 7.73. The van der Waals surface area contributed by atoms with E-state index < -0.39 is 23.4 Å². The minimum Gasteiger partial charge on any atom is -0.508 e. The number of ether oxygens (including phenoxy) is 1. The predicted molar refractivity (Wildman–Crippen MR) is 124 cm³/mol. The zero-order valence-corrected chi connectivity index (χ0v) is 19.6. The fourth-order valence-electron chi connectivity index (χ4n) is 5.25. The van der Waals surface area contributed by atoms with Gasteiger partial charge in [0.25, 0.3) is 5.91 Å². The molecule has 2 aliphatic heterocycles. The molecule has 178 valence electrons. The maximum atomic E-state index is 15.4. The standard InChI is InChI=1S/C25H27FN4O4/c1-25-13-16-19-17(8-9-18(34-4)20(19)26)27-21(16)22(14-6-5-7-15(31)12-14)30(25)24(33)29(23(25)32)11-10-28(2)3/h5-9,12,22,27,31H,10-11,13H2,1-4H3/t22-,25+/m1/s1. The smallest absolute Gasteiger partial charge is 0.328 e. The number of carbonyl (C=O) groups excluding carboxylic acids is 2. The van der Waals surface area contributed by atoms with Crippen LogP contribution in [-0.2, 0) is 11.2 Å². The average molecular weight is 467 g/mol. The number of aromatic nitrogens is 1. The number of benzene rings is 2. The van der Waals surface area contributed by atoms with Crippen molar-refractivity contribution in [2.45, 2.75) is 24.9 Å². The van der Waals surface area contributed by atoms with Crippen molar-refractivity contribution >= 4 is 22.8 Å². The SMILES string of the molecule is COc1ccc2[nH]c3c(c2c1F)C[C@@]1(C)C(=O)N(CCN(C)C)C(=O)N1[C@@H]3c1cccc(O)c1. The van der Waals surface area contributed by atoms with Gasteiger partial charge in [-0.2, -0.15) is 0 Å². The number of nitrogens with one attached hydrogen (secondary N) is 1. The van der Waals surface area contributed by atoms with E-state index in [2.05, 4.69) is 4.98 Å². The van der Waals surface area contributed by atoms with Gasteiger partial charge in [-0.1, -0.05) is 12.1 Å². The van der Waals surface area contributed by atoms with Crippen molar-refractivity contribution in [3.05, 3.63) is 59.0 Å². The summed E-state index contributed by atoms with van der Waals surface area (Å²) < 4.78 is 20.6. The number of methoxy groups -OCH3 is 1. The molecule has 5 rings (SSSR count). The van der Waals surface area contributed by atoms with Gasteiger partial charge in [0.05, 0.1) is 7.11 Å². The molecule has 0 radical (unpaired) electrons. The Labute approximate surface area is 196 Å². The van der Waals surface area contributed by atoms with Crippen LogP contribution in [0, 0.1) is 5.82 Å². The van der Waals surface area contributed by atoms with E-state index in [-0.39, 0.29) is 30.4 Å². The zero-order valence-electron chi connectivity index (χ0n) is 19.6. The Kier molecular flexibility index (Phi) is 5.05. The molecular formula is C25H27FN4O4. The molecule has 0 bridgehead atoms. The maximum absolute atomic E-state index is 15.4. The van der Waals surface area contributed by atoms with E-state index in [0.717, 1.165) is 0 Å². The molecule has 8 nitrogen and oxygen atoms in total. The largest absolute Gasteiger partial charge is 0.508 e. The molecular weight excluding hydrogens is 439 g/mol. The lowest BCUT2D eigenvalue weighted by molar-refractivity contribution is -0.133. The van der Waals surface area contributed by atoms with E-state index in [9.17, 15) is 14.7 Å². The number of phenols is 1. The van der Waals surface area contributed by atoms with Gasteiger partial charge in [-0.15, -0.1) is 0 Å². The van der Waals surface area contributed by atoms with Crippen LogP contribution in [0.1, 0.15) is 29.8 Å². The quantitative estimate of drug-likeness (QED) is 0.564. The summed E-state index contributed by atoms with van der Waals surface area (Å²) in [6, 6.07) is 8.77. The Balaban J connectivity index is 1.75. The third-order valence-electron chi connectivity index (χ3n) is 6.91. The lowest BCUT2D eigenvalue weighted by Crippen LogP contribution is -2.53. The van der Waals surface area contributed by atoms with Crippen molar-refractivity contribution in [1.29, 1.82) is 0 Å². The first-order valence-corrected chi connectivity index (χ1v) is 11.1. The van der Waals surface area contributed by atoms with E-state index in [1.165, 1.54) is 12.0 Å². The van der Waals surface area contributed by atoms with Crippen molar-refractivity contribution in [2.75, 3.05) is 34.3 Å². The molecule has 1 saturated heterocycles. The van der Waals surface area contributed by atoms with Gasteiger partial charge in [0.1, 0.15) is 17.3 Å². The van der Waals surface area contributed by atoms with E-state index in [1.807, 2.05) is 19.0 Å². The molecule has 2 N–H and O–H groups in total. The number of nitrogens with zero attached hydrogens (tertiary/aromatic N) is 3. The Hall–Kier alpha value is -3.59. The number of imide groups is 1. The van der Waals surface area contributed by atoms with E-state index in [1.54, 1.807) is 48.2 Å². The van der Waals surface area contributed by atoms with Crippen LogP contribution in [0.3, 0.4) is 0 Å². The number of halogens is 1. The van der Waals surface area contributed by atoms with Gasteiger partial charge < -0.3 is 19.7 Å². The van der Waals surface area contributed by atoms with Crippen LogP contribution in [0.5, 0.6) is 11.5 Å². The van der Waals surface area contributed by atoms with Crippen molar-refractivity contribution in [1.82, 2.24) is 19.7 Å². The fourth-order valence-corrected chi connectivity index (χ4v) is 5.25. The second-order valence-electron chi connectivity index (χ2n) is 9.38. The first-order valence-electron chi connectivity index (χ1n) is 11.1. The first-order chi connectivity index (χ1) is 16.2. The summed E-state index contributed by atoms with van der Waals surface area (Å²) in [5, 5.41) is 10.5. The van der Waals surface area contributed by atoms with Crippen molar-refractivity contribution in [3.8, 4) is 11.5 Å². The number of phenolic OH excluding ortho intramolecular Hbond substituents is 1. The van der Waals surface area contributed by atoms with Gasteiger partial charge in [0.2, 0.25) is 0 Å². The number of carbonyl (C=O) groups is 2. The number of aromatic hydroxyl groups is 1. The molecule has 0 unspecified atom stereocenters. The summed E-state index contributed by atoms with van der Waals surface area (Å²) in [4.78, 5) is 35.4. The zero-order chi connectivity index (χ0) is 24.4. The number of hydrogen-bond donors (Lipinski definition) is 2. The topological polar surface area (TPSA) is 89.1 Å². The molecule has 0 saturated carbocycles. The summed E-state index contributed by atoms with van der Waals surface area (Å²) in [5.74, 6) is -0.673. The van der Waals surface area contributed by atoms with Crippen LogP contribution < -0.4 is 4.74 Å². The normalized spacial score (nSPS) is 22.0. The van der Waals surface area contributed by atoms with Gasteiger partial charge in [-0.05, 0) is 56.4 Å². The summed E-state index contributed by atoms with van der Waals surface area (Å²) in [5.41, 5.74) is 1.23.